The third-order valence-corrected chi connectivity index (χ3v) is 7.27. The number of fused-ring (bicyclic) bond motifs is 1. The summed E-state index contributed by atoms with van der Waals surface area (Å²) in [6, 6.07) is 14.8. The van der Waals surface area contributed by atoms with Gasteiger partial charge in [-0.1, -0.05) is 54.1 Å². The molecule has 1 heterocycles. The second-order valence-corrected chi connectivity index (χ2v) is 9.99. The number of carbonyl (C=O) groups excluding carboxylic acids is 1. The molecule has 0 bridgehead atoms. The predicted molar refractivity (Wildman–Crippen MR) is 109 cm³/mol. The first kappa shape index (κ1) is 29.1. The van der Waals surface area contributed by atoms with Crippen LogP contribution in [0.15, 0.2) is 54.1 Å². The van der Waals surface area contributed by atoms with Crippen molar-refractivity contribution in [3.63, 3.8) is 0 Å². The van der Waals surface area contributed by atoms with Gasteiger partial charge in [-0.15, -0.1) is 0 Å². The molecule has 1 aliphatic rings. The van der Waals surface area contributed by atoms with Crippen LogP contribution in [-0.2, 0) is 20.5 Å². The standard InChI is InChI=1S/C22H28NO5P.2Na/c1-16(8-9-17-10-11-18-6-4-5-7-19(18)14-17)12-13-23(3)20-15-22(2,21(24)28-20)29(25,26)27;;/h4-7,10-12,14,20H,8-9,13,15H2,1-3H3,(H2,25,26,27);;/q;2*+1/p-2. The number of nitrogens with zero attached hydrogens (tertiary/aromatic N) is 1. The third-order valence-electron chi connectivity index (χ3n) is 5.70. The van der Waals surface area contributed by atoms with Gasteiger partial charge in [-0.3, -0.25) is 9.69 Å². The van der Waals surface area contributed by atoms with E-state index in [-0.39, 0.29) is 65.5 Å². The summed E-state index contributed by atoms with van der Waals surface area (Å²) in [5, 5.41) is 0.469. The molecule has 1 fully saturated rings. The summed E-state index contributed by atoms with van der Waals surface area (Å²) in [7, 11) is -3.33. The molecular weight excluding hydrogens is 435 g/mol. The van der Waals surface area contributed by atoms with Gasteiger partial charge < -0.3 is 19.1 Å². The molecule has 1 aliphatic heterocycles. The topological polar surface area (TPSA) is 92.7 Å². The molecule has 2 unspecified atom stereocenters. The molecule has 0 amide bonds. The molecule has 0 N–H and O–H groups in total. The quantitative estimate of drug-likeness (QED) is 0.185. The van der Waals surface area contributed by atoms with Gasteiger partial charge in [-0.2, -0.15) is 0 Å². The number of benzene rings is 2. The minimum Gasteiger partial charge on any atom is -0.810 e. The zero-order valence-electron chi connectivity index (χ0n) is 19.0. The van der Waals surface area contributed by atoms with E-state index < -0.39 is 24.9 Å². The van der Waals surface area contributed by atoms with Crippen LogP contribution in [0.5, 0.6) is 0 Å². The van der Waals surface area contributed by atoms with E-state index in [2.05, 4.69) is 30.3 Å². The Morgan fingerprint density at radius 1 is 1.23 bits per heavy atom. The third kappa shape index (κ3) is 7.00. The summed E-state index contributed by atoms with van der Waals surface area (Å²) in [5.74, 6) is -0.959. The summed E-state index contributed by atoms with van der Waals surface area (Å²) in [6.07, 6.45) is 3.00. The molecule has 0 spiro atoms. The number of carbonyl (C=O) groups is 1. The molecule has 9 heteroatoms. The average Bonchev–Trinajstić information content (AvgIpc) is 3.00. The molecule has 2 aromatic carbocycles. The molecule has 3 rings (SSSR count). The predicted octanol–water partition coefficient (Wildman–Crippen LogP) is -3.40. The molecule has 0 radical (unpaired) electrons. The zero-order chi connectivity index (χ0) is 21.2. The van der Waals surface area contributed by atoms with E-state index in [4.69, 9.17) is 4.74 Å². The van der Waals surface area contributed by atoms with Crippen molar-refractivity contribution in [1.82, 2.24) is 4.90 Å². The number of likely N-dealkylation sites (N-methyl/N-ethyl adjacent to an activating group) is 1. The van der Waals surface area contributed by atoms with E-state index >= 15 is 0 Å². The van der Waals surface area contributed by atoms with Crippen LogP contribution in [0, 0.1) is 0 Å². The van der Waals surface area contributed by atoms with Gasteiger partial charge in [0, 0.05) is 13.0 Å². The first-order chi connectivity index (χ1) is 13.6. The van der Waals surface area contributed by atoms with Crippen molar-refractivity contribution in [2.75, 3.05) is 13.6 Å². The fourth-order valence-corrected chi connectivity index (χ4v) is 4.10. The largest absolute Gasteiger partial charge is 1.00 e. The Bertz CT molecular complexity index is 993. The normalized spacial score (nSPS) is 21.5. The summed E-state index contributed by atoms with van der Waals surface area (Å²) in [4.78, 5) is 36.5. The summed E-state index contributed by atoms with van der Waals surface area (Å²) >= 11 is 0. The van der Waals surface area contributed by atoms with Gasteiger partial charge in [-0.25, -0.2) is 0 Å². The number of hydrogen-bond donors (Lipinski definition) is 0. The van der Waals surface area contributed by atoms with Crippen molar-refractivity contribution < 1.29 is 83.0 Å². The number of esters is 1. The molecule has 2 aromatic rings. The fraction of sp³-hybridized carbons (Fsp3) is 0.409. The SMILES string of the molecule is CC(=CCN(C)C1CC(C)(P(=O)([O-])[O-])C(=O)O1)CCc1ccc2ccccc2c1.[Na+].[Na+]. The maximum absolute atomic E-state index is 11.9. The van der Waals surface area contributed by atoms with E-state index in [0.29, 0.717) is 6.54 Å². The minimum atomic E-state index is -5.08. The van der Waals surface area contributed by atoms with E-state index in [0.717, 1.165) is 19.8 Å². The molecule has 0 aromatic heterocycles. The van der Waals surface area contributed by atoms with E-state index in [1.165, 1.54) is 21.9 Å². The number of rotatable bonds is 7. The number of allylic oxidation sites excluding steroid dienone is 1. The van der Waals surface area contributed by atoms with Crippen molar-refractivity contribution in [1.29, 1.82) is 0 Å². The van der Waals surface area contributed by atoms with Gasteiger partial charge in [0.15, 0.2) is 6.23 Å². The number of hydrogen-bond acceptors (Lipinski definition) is 6. The zero-order valence-corrected chi connectivity index (χ0v) is 23.9. The molecule has 0 saturated carbocycles. The van der Waals surface area contributed by atoms with Crippen LogP contribution >= 0.6 is 7.60 Å². The van der Waals surface area contributed by atoms with Gasteiger partial charge in [0.1, 0.15) is 0 Å². The Morgan fingerprint density at radius 2 is 1.87 bits per heavy atom. The molecular formula is C22H26NNa2O5P. The first-order valence-electron chi connectivity index (χ1n) is 9.67. The van der Waals surface area contributed by atoms with E-state index in [1.807, 2.05) is 25.1 Å². The smallest absolute Gasteiger partial charge is 0.810 e. The minimum absolute atomic E-state index is 0. The average molecular weight is 461 g/mol. The van der Waals surface area contributed by atoms with E-state index in [9.17, 15) is 19.1 Å². The molecule has 1 saturated heterocycles. The molecule has 6 nitrogen and oxygen atoms in total. The van der Waals surface area contributed by atoms with Crippen LogP contribution in [0.3, 0.4) is 0 Å². The number of cyclic esters (lactones) is 1. The molecule has 2 atom stereocenters. The van der Waals surface area contributed by atoms with Gasteiger partial charge >= 0.3 is 65.1 Å². The second-order valence-electron chi connectivity index (χ2n) is 8.01. The van der Waals surface area contributed by atoms with Crippen LogP contribution in [0.4, 0.5) is 0 Å². The van der Waals surface area contributed by atoms with Gasteiger partial charge in [0.25, 0.3) is 0 Å². The number of aryl methyl sites for hydroxylation is 1. The van der Waals surface area contributed by atoms with Gasteiger partial charge in [0.2, 0.25) is 0 Å². The van der Waals surface area contributed by atoms with Gasteiger partial charge in [-0.05, 0) is 57.7 Å². The summed E-state index contributed by atoms with van der Waals surface area (Å²) < 4.78 is 16.6. The number of ether oxygens (including phenoxy) is 1. The van der Waals surface area contributed by atoms with Crippen molar-refractivity contribution >= 4 is 24.3 Å². The van der Waals surface area contributed by atoms with Crippen LogP contribution in [0.2, 0.25) is 0 Å². The molecule has 0 aliphatic carbocycles. The van der Waals surface area contributed by atoms with E-state index in [1.54, 1.807) is 11.9 Å². The van der Waals surface area contributed by atoms with Crippen LogP contribution in [0.25, 0.3) is 10.8 Å². The Morgan fingerprint density at radius 3 is 2.48 bits per heavy atom. The van der Waals surface area contributed by atoms with Crippen molar-refractivity contribution in [2.24, 2.45) is 0 Å². The van der Waals surface area contributed by atoms with Crippen LogP contribution < -0.4 is 68.9 Å². The Hall–Kier alpha value is 0.0200. The summed E-state index contributed by atoms with van der Waals surface area (Å²) in [5.41, 5.74) is 2.46. The summed E-state index contributed by atoms with van der Waals surface area (Å²) in [6.45, 7) is 3.69. The maximum Gasteiger partial charge on any atom is 1.00 e. The van der Waals surface area contributed by atoms with Crippen LogP contribution in [-0.4, -0.2) is 35.8 Å². The van der Waals surface area contributed by atoms with Crippen molar-refractivity contribution in [3.05, 3.63) is 59.7 Å². The molecule has 31 heavy (non-hydrogen) atoms. The molecule has 156 valence electrons. The fourth-order valence-electron chi connectivity index (χ4n) is 3.44. The first-order valence-corrected chi connectivity index (χ1v) is 11.2. The maximum atomic E-state index is 11.9. The Labute approximate surface area is 228 Å². The van der Waals surface area contributed by atoms with Crippen LogP contribution in [0.1, 0.15) is 32.3 Å². The Balaban J connectivity index is 0.00000240. The van der Waals surface area contributed by atoms with Gasteiger partial charge in [0.05, 0.1) is 5.16 Å². The second kappa shape index (κ2) is 11.9. The van der Waals surface area contributed by atoms with Crippen molar-refractivity contribution in [3.8, 4) is 0 Å². The van der Waals surface area contributed by atoms with Crippen molar-refractivity contribution in [2.45, 2.75) is 44.5 Å². The Kier molecular flexibility index (Phi) is 11.2. The monoisotopic (exact) mass is 461 g/mol.